The van der Waals surface area contributed by atoms with Crippen molar-refractivity contribution < 1.29 is 4.74 Å². The first-order chi connectivity index (χ1) is 11.7. The Morgan fingerprint density at radius 3 is 2.71 bits per heavy atom. The van der Waals surface area contributed by atoms with E-state index in [-0.39, 0.29) is 0 Å². The van der Waals surface area contributed by atoms with Gasteiger partial charge in [0, 0.05) is 12.6 Å². The van der Waals surface area contributed by atoms with E-state index >= 15 is 0 Å². The van der Waals surface area contributed by atoms with Gasteiger partial charge in [-0.3, -0.25) is 4.99 Å². The Hall–Kier alpha value is -3.06. The molecular formula is C20H22N3O+. The molecule has 4 nitrogen and oxygen atoms in total. The van der Waals surface area contributed by atoms with E-state index in [0.717, 1.165) is 28.3 Å². The maximum absolute atomic E-state index is 5.68. The van der Waals surface area contributed by atoms with E-state index in [0.29, 0.717) is 12.4 Å². The summed E-state index contributed by atoms with van der Waals surface area (Å²) in [5.41, 5.74) is 3.71. The van der Waals surface area contributed by atoms with Crippen molar-refractivity contribution in [3.8, 4) is 12.3 Å². The van der Waals surface area contributed by atoms with Crippen molar-refractivity contribution in [2.75, 3.05) is 19.0 Å². The van der Waals surface area contributed by atoms with Crippen LogP contribution in [0.15, 0.2) is 65.4 Å². The summed E-state index contributed by atoms with van der Waals surface area (Å²) in [5, 5.41) is 3.20. The zero-order valence-corrected chi connectivity index (χ0v) is 14.3. The van der Waals surface area contributed by atoms with Gasteiger partial charge in [-0.2, -0.15) is 4.85 Å². The van der Waals surface area contributed by atoms with E-state index in [9.17, 15) is 0 Å². The predicted octanol–water partition coefficient (Wildman–Crippen LogP) is 4.73. The molecule has 2 aromatic carbocycles. The second kappa shape index (κ2) is 8.54. The summed E-state index contributed by atoms with van der Waals surface area (Å²) < 4.78 is 5.68. The second-order valence-electron chi connectivity index (χ2n) is 5.19. The first-order valence-corrected chi connectivity index (χ1v) is 7.83. The lowest BCUT2D eigenvalue weighted by Crippen LogP contribution is -2.05. The lowest BCUT2D eigenvalue weighted by atomic mass is 10.1. The maximum Gasteiger partial charge on any atom is 0.385 e. The Morgan fingerprint density at radius 1 is 1.25 bits per heavy atom. The SMILES string of the molecule is C#[N+]/C(=C\C(=NC)c1ccccc1OCC)Nc1cccc(C)c1. The van der Waals surface area contributed by atoms with Crippen LogP contribution in [0.4, 0.5) is 5.69 Å². The monoisotopic (exact) mass is 320 g/mol. The van der Waals surface area contributed by atoms with E-state index in [1.165, 1.54) is 0 Å². The molecule has 0 heterocycles. The summed E-state index contributed by atoms with van der Waals surface area (Å²) in [4.78, 5) is 8.18. The van der Waals surface area contributed by atoms with Gasteiger partial charge in [0.25, 0.3) is 0 Å². The van der Waals surface area contributed by atoms with E-state index in [2.05, 4.69) is 15.2 Å². The molecule has 0 saturated heterocycles. The molecule has 122 valence electrons. The van der Waals surface area contributed by atoms with Gasteiger partial charge in [-0.25, -0.2) is 5.32 Å². The quantitative estimate of drug-likeness (QED) is 0.781. The van der Waals surface area contributed by atoms with Gasteiger partial charge < -0.3 is 4.74 Å². The third-order valence-electron chi connectivity index (χ3n) is 3.41. The third-order valence-corrected chi connectivity index (χ3v) is 3.41. The zero-order chi connectivity index (χ0) is 17.4. The Labute approximate surface area is 143 Å². The molecule has 0 fully saturated rings. The maximum atomic E-state index is 5.68. The number of aryl methyl sites for hydroxylation is 1. The van der Waals surface area contributed by atoms with Gasteiger partial charge >= 0.3 is 5.82 Å². The number of rotatable bonds is 6. The Kier molecular flexibility index (Phi) is 6.16. The van der Waals surface area contributed by atoms with Gasteiger partial charge in [-0.15, -0.1) is 0 Å². The highest BCUT2D eigenvalue weighted by Gasteiger charge is 2.13. The minimum atomic E-state index is 0.521. The lowest BCUT2D eigenvalue weighted by Gasteiger charge is -2.09. The number of benzene rings is 2. The number of nitrogens with zero attached hydrogens (tertiary/aromatic N) is 2. The van der Waals surface area contributed by atoms with Crippen LogP contribution in [0.1, 0.15) is 18.1 Å². The van der Waals surface area contributed by atoms with Crippen molar-refractivity contribution >= 4 is 11.4 Å². The van der Waals surface area contributed by atoms with Crippen LogP contribution < -0.4 is 10.1 Å². The topological polar surface area (TPSA) is 38.0 Å². The van der Waals surface area contributed by atoms with Gasteiger partial charge in [0.05, 0.1) is 18.4 Å². The lowest BCUT2D eigenvalue weighted by molar-refractivity contribution is 0.339. The van der Waals surface area contributed by atoms with Crippen LogP contribution in [-0.2, 0) is 0 Å². The molecule has 2 aromatic rings. The van der Waals surface area contributed by atoms with Gasteiger partial charge in [0.15, 0.2) is 0 Å². The number of aliphatic imine (C=N–C) groups is 1. The normalized spacial score (nSPS) is 11.8. The molecule has 0 aliphatic heterocycles. The molecule has 0 spiro atoms. The summed E-state index contributed by atoms with van der Waals surface area (Å²) in [6, 6.07) is 15.8. The fourth-order valence-corrected chi connectivity index (χ4v) is 2.33. The number of para-hydroxylation sites is 1. The van der Waals surface area contributed by atoms with Crippen LogP contribution in [0.2, 0.25) is 0 Å². The highest BCUT2D eigenvalue weighted by molar-refractivity contribution is 6.11. The molecule has 0 atom stereocenters. The summed E-state index contributed by atoms with van der Waals surface area (Å²) in [6.45, 7) is 10.1. The Balaban J connectivity index is 2.33. The molecule has 0 amide bonds. The van der Waals surface area contributed by atoms with Crippen LogP contribution >= 0.6 is 0 Å². The molecule has 0 radical (unpaired) electrons. The third kappa shape index (κ3) is 4.47. The number of anilines is 1. The molecule has 1 N–H and O–H groups in total. The van der Waals surface area contributed by atoms with E-state index < -0.39 is 0 Å². The fourth-order valence-electron chi connectivity index (χ4n) is 2.33. The first-order valence-electron chi connectivity index (χ1n) is 7.83. The van der Waals surface area contributed by atoms with E-state index in [1.807, 2.05) is 62.4 Å². The summed E-state index contributed by atoms with van der Waals surface area (Å²) >= 11 is 0. The average Bonchev–Trinajstić information content (AvgIpc) is 2.59. The Bertz CT molecular complexity index is 801. The summed E-state index contributed by atoms with van der Waals surface area (Å²) in [7, 11) is 1.73. The smallest absolute Gasteiger partial charge is 0.385 e. The molecule has 0 bridgehead atoms. The number of allylic oxidation sites excluding steroid dienone is 1. The summed E-state index contributed by atoms with van der Waals surface area (Å²) in [5.74, 6) is 1.30. The predicted molar refractivity (Wildman–Crippen MR) is 101 cm³/mol. The number of nitrogens with one attached hydrogen (secondary N) is 1. The molecule has 0 aliphatic carbocycles. The van der Waals surface area contributed by atoms with Crippen LogP contribution in [0, 0.1) is 13.5 Å². The van der Waals surface area contributed by atoms with E-state index in [1.54, 1.807) is 13.1 Å². The minimum Gasteiger partial charge on any atom is -0.493 e. The molecule has 0 aromatic heterocycles. The molecule has 0 unspecified atom stereocenters. The molecule has 4 heteroatoms. The highest BCUT2D eigenvalue weighted by atomic mass is 16.5. The van der Waals surface area contributed by atoms with Crippen molar-refractivity contribution in [2.45, 2.75) is 13.8 Å². The van der Waals surface area contributed by atoms with Crippen LogP contribution in [0.3, 0.4) is 0 Å². The zero-order valence-electron chi connectivity index (χ0n) is 14.3. The second-order valence-corrected chi connectivity index (χ2v) is 5.19. The van der Waals surface area contributed by atoms with Crippen molar-refractivity contribution in [3.63, 3.8) is 0 Å². The number of ether oxygens (including phenoxy) is 1. The van der Waals surface area contributed by atoms with Crippen LogP contribution in [-0.4, -0.2) is 19.4 Å². The number of hydrogen-bond donors (Lipinski definition) is 1. The first kappa shape index (κ1) is 17.3. The standard InChI is InChI=1S/C20H22N3O/c1-5-24-19-12-7-6-11-17(19)18(21-3)14-20(22-4)23-16-10-8-9-15(2)13-16/h4,6-14,23H,5H2,1-3H3/q+1/b20-14+,21-18?. The van der Waals surface area contributed by atoms with Crippen LogP contribution in [0.25, 0.3) is 4.85 Å². The van der Waals surface area contributed by atoms with Gasteiger partial charge in [-0.1, -0.05) is 24.3 Å². The molecule has 0 saturated carbocycles. The highest BCUT2D eigenvalue weighted by Crippen LogP contribution is 2.21. The van der Waals surface area contributed by atoms with Crippen molar-refractivity contribution in [3.05, 3.63) is 76.4 Å². The van der Waals surface area contributed by atoms with Gasteiger partial charge in [0.1, 0.15) is 18.0 Å². The van der Waals surface area contributed by atoms with E-state index in [4.69, 9.17) is 11.3 Å². The van der Waals surface area contributed by atoms with Gasteiger partial charge in [-0.05, 0) is 43.7 Å². The average molecular weight is 320 g/mol. The summed E-state index contributed by atoms with van der Waals surface area (Å²) in [6.07, 6.45) is 1.81. The van der Waals surface area contributed by atoms with Crippen molar-refractivity contribution in [1.82, 2.24) is 0 Å². The van der Waals surface area contributed by atoms with Crippen molar-refractivity contribution in [2.24, 2.45) is 4.99 Å². The minimum absolute atomic E-state index is 0.521. The fraction of sp³-hybridized carbons (Fsp3) is 0.200. The largest absolute Gasteiger partial charge is 0.493 e. The molecule has 0 aliphatic rings. The molecule has 24 heavy (non-hydrogen) atoms. The van der Waals surface area contributed by atoms with Crippen molar-refractivity contribution in [1.29, 1.82) is 0 Å². The van der Waals surface area contributed by atoms with Crippen LogP contribution in [0.5, 0.6) is 5.75 Å². The molecule has 2 rings (SSSR count). The molecular weight excluding hydrogens is 298 g/mol. The Morgan fingerprint density at radius 2 is 2.04 bits per heavy atom. The van der Waals surface area contributed by atoms with Gasteiger partial charge in [0.2, 0.25) is 0 Å². The number of hydrogen-bond acceptors (Lipinski definition) is 3.